The zero-order valence-corrected chi connectivity index (χ0v) is 10.2. The maximum Gasteiger partial charge on any atom is 0.0769 e. The molecule has 0 aromatic carbocycles. The summed E-state index contributed by atoms with van der Waals surface area (Å²) in [5.41, 5.74) is 6.29. The van der Waals surface area contributed by atoms with Crippen molar-refractivity contribution < 1.29 is 0 Å². The smallest absolute Gasteiger partial charge is 0.0769 e. The number of halogens is 2. The Bertz CT molecular complexity index is 310. The Morgan fingerprint density at radius 1 is 1.46 bits per heavy atom. The molecule has 0 saturated heterocycles. The molecule has 0 fully saturated rings. The molecule has 0 aliphatic rings. The van der Waals surface area contributed by atoms with Crippen molar-refractivity contribution in [3.8, 4) is 0 Å². The second kappa shape index (κ2) is 5.52. The predicted molar refractivity (Wildman–Crippen MR) is 62.3 cm³/mol. The maximum absolute atomic E-state index is 5.36. The molecule has 0 aliphatic heterocycles. The lowest BCUT2D eigenvalue weighted by Gasteiger charge is -1.97. The van der Waals surface area contributed by atoms with Gasteiger partial charge in [-0.1, -0.05) is 6.08 Å². The molecule has 0 radical (unpaired) electrons. The minimum absolute atomic E-state index is 0.671. The average Bonchev–Trinajstić information content (AvgIpc) is 2.09. The van der Waals surface area contributed by atoms with Gasteiger partial charge >= 0.3 is 0 Å². The van der Waals surface area contributed by atoms with E-state index in [4.69, 9.17) is 5.73 Å². The number of nitrogens with zero attached hydrogens (tertiary/aromatic N) is 1. The molecule has 0 amide bonds. The standard InChI is InChI=1S/C9H10Br2N2/c10-7-5-8(11)9(13-6-7)3-1-2-4-12/h1,3,5-6H,2,4,12H2/b3-1+. The average molecular weight is 306 g/mol. The van der Waals surface area contributed by atoms with Crippen LogP contribution in [0.2, 0.25) is 0 Å². The van der Waals surface area contributed by atoms with Crippen LogP contribution in [0.4, 0.5) is 0 Å². The normalized spacial score (nSPS) is 11.0. The Morgan fingerprint density at radius 2 is 2.23 bits per heavy atom. The molecule has 0 bridgehead atoms. The molecule has 0 atom stereocenters. The molecule has 1 rings (SSSR count). The van der Waals surface area contributed by atoms with E-state index in [2.05, 4.69) is 36.8 Å². The van der Waals surface area contributed by atoms with Gasteiger partial charge in [0, 0.05) is 15.1 Å². The molecule has 0 aliphatic carbocycles. The van der Waals surface area contributed by atoms with Gasteiger partial charge < -0.3 is 5.73 Å². The van der Waals surface area contributed by atoms with Crippen LogP contribution in [0.3, 0.4) is 0 Å². The SMILES string of the molecule is NCC/C=C/c1ncc(Br)cc1Br. The molecule has 0 spiro atoms. The molecule has 13 heavy (non-hydrogen) atoms. The van der Waals surface area contributed by atoms with Crippen molar-refractivity contribution in [2.24, 2.45) is 5.73 Å². The van der Waals surface area contributed by atoms with Crippen LogP contribution in [0.5, 0.6) is 0 Å². The van der Waals surface area contributed by atoms with Gasteiger partial charge in [-0.25, -0.2) is 0 Å². The van der Waals surface area contributed by atoms with E-state index in [-0.39, 0.29) is 0 Å². The fourth-order valence-corrected chi connectivity index (χ4v) is 1.96. The Morgan fingerprint density at radius 3 is 2.85 bits per heavy atom. The van der Waals surface area contributed by atoms with E-state index in [1.54, 1.807) is 6.20 Å². The van der Waals surface area contributed by atoms with Crippen LogP contribution < -0.4 is 5.73 Å². The summed E-state index contributed by atoms with van der Waals surface area (Å²) in [6.45, 7) is 0.671. The molecule has 2 nitrogen and oxygen atoms in total. The van der Waals surface area contributed by atoms with E-state index >= 15 is 0 Å². The summed E-state index contributed by atoms with van der Waals surface area (Å²) < 4.78 is 1.95. The van der Waals surface area contributed by atoms with E-state index in [1.165, 1.54) is 0 Å². The van der Waals surface area contributed by atoms with Gasteiger partial charge in [-0.05, 0) is 57.0 Å². The van der Waals surface area contributed by atoms with Crippen molar-refractivity contribution in [3.05, 3.63) is 33.0 Å². The first kappa shape index (κ1) is 10.9. The fraction of sp³-hybridized carbons (Fsp3) is 0.222. The first-order chi connectivity index (χ1) is 6.24. The van der Waals surface area contributed by atoms with Crippen LogP contribution >= 0.6 is 31.9 Å². The number of hydrogen-bond acceptors (Lipinski definition) is 2. The van der Waals surface area contributed by atoms with E-state index in [9.17, 15) is 0 Å². The number of nitrogens with two attached hydrogens (primary N) is 1. The van der Waals surface area contributed by atoms with E-state index < -0.39 is 0 Å². The van der Waals surface area contributed by atoms with Gasteiger partial charge in [0.25, 0.3) is 0 Å². The second-order valence-electron chi connectivity index (χ2n) is 2.50. The van der Waals surface area contributed by atoms with E-state index in [0.717, 1.165) is 21.1 Å². The number of hydrogen-bond donors (Lipinski definition) is 1. The third kappa shape index (κ3) is 3.58. The van der Waals surface area contributed by atoms with Gasteiger partial charge in [-0.15, -0.1) is 0 Å². The summed E-state index contributed by atoms with van der Waals surface area (Å²) in [4.78, 5) is 4.23. The number of rotatable bonds is 3. The summed E-state index contributed by atoms with van der Waals surface area (Å²) in [6.07, 6.45) is 6.63. The summed E-state index contributed by atoms with van der Waals surface area (Å²) in [7, 11) is 0. The van der Waals surface area contributed by atoms with Crippen molar-refractivity contribution >= 4 is 37.9 Å². The highest BCUT2D eigenvalue weighted by Crippen LogP contribution is 2.20. The Kier molecular flexibility index (Phi) is 4.62. The van der Waals surface area contributed by atoms with Gasteiger partial charge in [0.2, 0.25) is 0 Å². The molecule has 1 heterocycles. The topological polar surface area (TPSA) is 38.9 Å². The van der Waals surface area contributed by atoms with Crippen LogP contribution in [0, 0.1) is 0 Å². The zero-order valence-electron chi connectivity index (χ0n) is 7.00. The maximum atomic E-state index is 5.36. The fourth-order valence-electron chi connectivity index (χ4n) is 0.839. The quantitative estimate of drug-likeness (QED) is 0.932. The van der Waals surface area contributed by atoms with Gasteiger partial charge in [-0.2, -0.15) is 0 Å². The third-order valence-corrected chi connectivity index (χ3v) is 2.51. The van der Waals surface area contributed by atoms with Crippen molar-refractivity contribution in [3.63, 3.8) is 0 Å². The predicted octanol–water partition coefficient (Wildman–Crippen LogP) is 2.97. The third-order valence-electron chi connectivity index (χ3n) is 1.45. The van der Waals surface area contributed by atoms with Crippen LogP contribution in [-0.4, -0.2) is 11.5 Å². The van der Waals surface area contributed by atoms with Crippen LogP contribution in [0.15, 0.2) is 27.3 Å². The van der Waals surface area contributed by atoms with Gasteiger partial charge in [-0.3, -0.25) is 4.98 Å². The van der Waals surface area contributed by atoms with Crippen LogP contribution in [0.25, 0.3) is 6.08 Å². The molecular formula is C9H10Br2N2. The molecule has 70 valence electrons. The Labute approximate surface area is 94.5 Å². The van der Waals surface area contributed by atoms with Gasteiger partial charge in [0.05, 0.1) is 5.69 Å². The van der Waals surface area contributed by atoms with Crippen molar-refractivity contribution in [1.29, 1.82) is 0 Å². The molecule has 1 aromatic heterocycles. The lowest BCUT2D eigenvalue weighted by atomic mass is 10.3. The van der Waals surface area contributed by atoms with Crippen LogP contribution in [-0.2, 0) is 0 Å². The lowest BCUT2D eigenvalue weighted by Crippen LogP contribution is -1.95. The van der Waals surface area contributed by atoms with Crippen molar-refractivity contribution in [2.45, 2.75) is 6.42 Å². The Hall–Kier alpha value is -0.190. The summed E-state index contributed by atoms with van der Waals surface area (Å²) in [5, 5.41) is 0. The summed E-state index contributed by atoms with van der Waals surface area (Å²) in [6, 6.07) is 1.97. The molecule has 0 saturated carbocycles. The first-order valence-electron chi connectivity index (χ1n) is 3.91. The van der Waals surface area contributed by atoms with Crippen molar-refractivity contribution in [2.75, 3.05) is 6.54 Å². The Balaban J connectivity index is 2.77. The zero-order chi connectivity index (χ0) is 9.68. The number of aromatic nitrogens is 1. The first-order valence-corrected chi connectivity index (χ1v) is 5.50. The van der Waals surface area contributed by atoms with Gasteiger partial charge in [0.1, 0.15) is 0 Å². The highest BCUT2D eigenvalue weighted by molar-refractivity contribution is 9.11. The van der Waals surface area contributed by atoms with Crippen LogP contribution in [0.1, 0.15) is 12.1 Å². The molecule has 2 N–H and O–H groups in total. The van der Waals surface area contributed by atoms with E-state index in [1.807, 2.05) is 18.2 Å². The minimum atomic E-state index is 0.671. The summed E-state index contributed by atoms with van der Waals surface area (Å²) in [5.74, 6) is 0. The van der Waals surface area contributed by atoms with Crippen molar-refractivity contribution in [1.82, 2.24) is 4.98 Å². The number of pyridine rings is 1. The molecular weight excluding hydrogens is 296 g/mol. The highest BCUT2D eigenvalue weighted by Gasteiger charge is 1.97. The molecule has 1 aromatic rings. The minimum Gasteiger partial charge on any atom is -0.330 e. The second-order valence-corrected chi connectivity index (χ2v) is 4.27. The largest absolute Gasteiger partial charge is 0.330 e. The van der Waals surface area contributed by atoms with E-state index in [0.29, 0.717) is 6.54 Å². The molecule has 0 unspecified atom stereocenters. The van der Waals surface area contributed by atoms with Gasteiger partial charge in [0.15, 0.2) is 0 Å². The molecule has 4 heteroatoms. The highest BCUT2D eigenvalue weighted by atomic mass is 79.9. The lowest BCUT2D eigenvalue weighted by molar-refractivity contribution is 1.01. The monoisotopic (exact) mass is 304 g/mol. The summed E-state index contributed by atoms with van der Waals surface area (Å²) >= 11 is 6.77.